The zero-order valence-corrected chi connectivity index (χ0v) is 17.9. The third-order valence-electron chi connectivity index (χ3n) is 5.22. The number of carbonyl (C=O) groups excluding carboxylic acids is 1. The fourth-order valence-corrected chi connectivity index (χ4v) is 3.40. The SMILES string of the molecule is C=C(F)C(=O)Nc1cc2c(Nc3ccnc(-c4ccccc4F)c3)ncnc2cc1OC1CC1. The fourth-order valence-electron chi connectivity index (χ4n) is 3.40. The van der Waals surface area contributed by atoms with Gasteiger partial charge in [-0.05, 0) is 43.2 Å². The number of nitrogens with one attached hydrogen (secondary N) is 2. The number of anilines is 3. The summed E-state index contributed by atoms with van der Waals surface area (Å²) in [6.45, 7) is 3.04. The average Bonchev–Trinajstić information content (AvgIpc) is 3.64. The summed E-state index contributed by atoms with van der Waals surface area (Å²) in [4.78, 5) is 24.8. The Morgan fingerprint density at radius 1 is 1.09 bits per heavy atom. The Labute approximate surface area is 193 Å². The fraction of sp³-hybridized carbons (Fsp3) is 0.120. The average molecular weight is 459 g/mol. The number of rotatable bonds is 7. The number of fused-ring (bicyclic) bond motifs is 1. The summed E-state index contributed by atoms with van der Waals surface area (Å²) < 4.78 is 33.5. The molecule has 1 amide bonds. The summed E-state index contributed by atoms with van der Waals surface area (Å²) in [5.74, 6) is -1.63. The lowest BCUT2D eigenvalue weighted by molar-refractivity contribution is -0.114. The highest BCUT2D eigenvalue weighted by Gasteiger charge is 2.26. The maximum absolute atomic E-state index is 14.2. The zero-order valence-electron chi connectivity index (χ0n) is 17.9. The van der Waals surface area contributed by atoms with Gasteiger partial charge in [0.15, 0.2) is 5.83 Å². The molecule has 0 radical (unpaired) electrons. The van der Waals surface area contributed by atoms with E-state index in [1.807, 2.05) is 0 Å². The van der Waals surface area contributed by atoms with E-state index in [0.29, 0.717) is 39.4 Å². The van der Waals surface area contributed by atoms with Crippen LogP contribution in [0.5, 0.6) is 5.75 Å². The zero-order chi connectivity index (χ0) is 23.7. The number of pyridine rings is 1. The molecule has 9 heteroatoms. The van der Waals surface area contributed by atoms with Crippen LogP contribution < -0.4 is 15.4 Å². The highest BCUT2D eigenvalue weighted by molar-refractivity contribution is 6.05. The number of carbonyl (C=O) groups is 1. The molecule has 2 N–H and O–H groups in total. The van der Waals surface area contributed by atoms with Crippen LogP contribution >= 0.6 is 0 Å². The van der Waals surface area contributed by atoms with Crippen LogP contribution in [0.3, 0.4) is 0 Å². The monoisotopic (exact) mass is 459 g/mol. The second kappa shape index (κ2) is 8.86. The largest absolute Gasteiger partial charge is 0.488 e. The van der Waals surface area contributed by atoms with Crippen LogP contribution in [0.4, 0.5) is 26.0 Å². The molecule has 0 atom stereocenters. The molecule has 1 saturated carbocycles. The number of ether oxygens (including phenoxy) is 1. The first-order valence-electron chi connectivity index (χ1n) is 10.6. The number of aromatic nitrogens is 3. The van der Waals surface area contributed by atoms with Crippen molar-refractivity contribution in [1.29, 1.82) is 0 Å². The van der Waals surface area contributed by atoms with Crippen LogP contribution in [0, 0.1) is 5.82 Å². The van der Waals surface area contributed by atoms with E-state index in [-0.39, 0.29) is 17.6 Å². The van der Waals surface area contributed by atoms with Crippen LogP contribution in [0.2, 0.25) is 0 Å². The summed E-state index contributed by atoms with van der Waals surface area (Å²) in [5, 5.41) is 6.25. The van der Waals surface area contributed by atoms with E-state index in [1.165, 1.54) is 12.4 Å². The molecule has 0 bridgehead atoms. The molecule has 34 heavy (non-hydrogen) atoms. The highest BCUT2D eigenvalue weighted by Crippen LogP contribution is 2.37. The first kappa shape index (κ1) is 21.4. The maximum Gasteiger partial charge on any atom is 0.283 e. The van der Waals surface area contributed by atoms with Crippen molar-refractivity contribution >= 4 is 34.0 Å². The minimum atomic E-state index is -1.11. The third-order valence-corrected chi connectivity index (χ3v) is 5.22. The van der Waals surface area contributed by atoms with E-state index in [9.17, 15) is 13.6 Å². The molecule has 7 nitrogen and oxygen atoms in total. The van der Waals surface area contributed by atoms with Crippen molar-refractivity contribution in [1.82, 2.24) is 15.0 Å². The molecule has 1 aliphatic carbocycles. The lowest BCUT2D eigenvalue weighted by Gasteiger charge is -2.15. The Bertz CT molecular complexity index is 1420. The first-order chi connectivity index (χ1) is 16.5. The van der Waals surface area contributed by atoms with E-state index in [2.05, 4.69) is 32.2 Å². The molecule has 2 heterocycles. The van der Waals surface area contributed by atoms with Crippen LogP contribution in [-0.2, 0) is 4.79 Å². The van der Waals surface area contributed by atoms with Gasteiger partial charge in [-0.2, -0.15) is 0 Å². The molecule has 0 saturated heterocycles. The predicted octanol–water partition coefficient (Wildman–Crippen LogP) is 5.54. The van der Waals surface area contributed by atoms with Gasteiger partial charge in [0, 0.05) is 28.9 Å². The second-order valence-corrected chi connectivity index (χ2v) is 7.80. The lowest BCUT2D eigenvalue weighted by atomic mass is 10.1. The summed E-state index contributed by atoms with van der Waals surface area (Å²) in [6.07, 6.45) is 4.82. The van der Waals surface area contributed by atoms with E-state index in [4.69, 9.17) is 4.74 Å². The van der Waals surface area contributed by atoms with Crippen molar-refractivity contribution in [3.05, 3.63) is 79.3 Å². The van der Waals surface area contributed by atoms with Gasteiger partial charge >= 0.3 is 0 Å². The molecule has 2 aromatic carbocycles. The van der Waals surface area contributed by atoms with E-state index in [1.54, 1.807) is 48.7 Å². The molecular formula is C25H19F2N5O2. The first-order valence-corrected chi connectivity index (χ1v) is 10.6. The molecule has 170 valence electrons. The number of hydrogen-bond donors (Lipinski definition) is 2. The molecule has 2 aromatic heterocycles. The summed E-state index contributed by atoms with van der Waals surface area (Å²) >= 11 is 0. The van der Waals surface area contributed by atoms with Gasteiger partial charge in [-0.1, -0.05) is 18.7 Å². The molecular weight excluding hydrogens is 440 g/mol. The topological polar surface area (TPSA) is 89.0 Å². The standard InChI is InChI=1S/C25H19F2N5O2/c1-14(26)25(33)32-22-11-18-21(12-23(22)34-16-6-7-16)29-13-30-24(18)31-15-8-9-28-20(10-15)17-4-2-3-5-19(17)27/h2-5,8-13,16H,1,6-7H2,(H,32,33)(H,28,29,30,31). The molecule has 0 aliphatic heterocycles. The smallest absolute Gasteiger partial charge is 0.283 e. The van der Waals surface area contributed by atoms with Crippen LogP contribution in [0.1, 0.15) is 12.8 Å². The lowest BCUT2D eigenvalue weighted by Crippen LogP contribution is -2.13. The van der Waals surface area contributed by atoms with E-state index >= 15 is 0 Å². The Hall–Kier alpha value is -4.40. The maximum atomic E-state index is 14.2. The summed E-state index contributed by atoms with van der Waals surface area (Å²) in [5.41, 5.74) is 2.29. The summed E-state index contributed by atoms with van der Waals surface area (Å²) in [6, 6.07) is 13.1. The van der Waals surface area contributed by atoms with Crippen molar-refractivity contribution in [2.45, 2.75) is 18.9 Å². The van der Waals surface area contributed by atoms with Gasteiger partial charge in [-0.15, -0.1) is 0 Å². The van der Waals surface area contributed by atoms with Crippen LogP contribution in [0.15, 0.2) is 73.5 Å². The van der Waals surface area contributed by atoms with Gasteiger partial charge in [0.2, 0.25) is 0 Å². The summed E-state index contributed by atoms with van der Waals surface area (Å²) in [7, 11) is 0. The molecule has 1 fully saturated rings. The number of amides is 1. The van der Waals surface area contributed by atoms with Gasteiger partial charge in [0.25, 0.3) is 5.91 Å². The molecule has 0 spiro atoms. The Morgan fingerprint density at radius 3 is 2.68 bits per heavy atom. The van der Waals surface area contributed by atoms with Crippen molar-refractivity contribution in [2.75, 3.05) is 10.6 Å². The van der Waals surface area contributed by atoms with E-state index < -0.39 is 11.7 Å². The Balaban J connectivity index is 1.52. The number of benzene rings is 2. The van der Waals surface area contributed by atoms with Gasteiger partial charge < -0.3 is 15.4 Å². The Kier molecular flexibility index (Phi) is 5.59. The van der Waals surface area contributed by atoms with Crippen molar-refractivity contribution < 1.29 is 18.3 Å². The van der Waals surface area contributed by atoms with Gasteiger partial charge in [-0.25, -0.2) is 18.7 Å². The Morgan fingerprint density at radius 2 is 1.91 bits per heavy atom. The van der Waals surface area contributed by atoms with Crippen molar-refractivity contribution in [2.24, 2.45) is 0 Å². The normalized spacial score (nSPS) is 12.9. The van der Waals surface area contributed by atoms with E-state index in [0.717, 1.165) is 12.8 Å². The van der Waals surface area contributed by atoms with Crippen LogP contribution in [0.25, 0.3) is 22.2 Å². The molecule has 4 aromatic rings. The number of hydrogen-bond acceptors (Lipinski definition) is 6. The van der Waals surface area contributed by atoms with Gasteiger partial charge in [0.1, 0.15) is 23.7 Å². The van der Waals surface area contributed by atoms with Gasteiger partial charge in [0.05, 0.1) is 23.0 Å². The minimum absolute atomic E-state index is 0.0507. The second-order valence-electron chi connectivity index (χ2n) is 7.80. The van der Waals surface area contributed by atoms with Crippen LogP contribution in [-0.4, -0.2) is 27.0 Å². The van der Waals surface area contributed by atoms with Crippen molar-refractivity contribution in [3.8, 4) is 17.0 Å². The molecule has 5 rings (SSSR count). The molecule has 0 unspecified atom stereocenters. The number of nitrogens with zero attached hydrogens (tertiary/aromatic N) is 3. The molecule has 1 aliphatic rings. The van der Waals surface area contributed by atoms with Gasteiger partial charge in [-0.3, -0.25) is 9.78 Å². The predicted molar refractivity (Wildman–Crippen MR) is 125 cm³/mol. The number of halogens is 2. The van der Waals surface area contributed by atoms with Crippen molar-refractivity contribution in [3.63, 3.8) is 0 Å². The minimum Gasteiger partial charge on any atom is -0.488 e. The third kappa shape index (κ3) is 4.54. The quantitative estimate of drug-likeness (QED) is 0.353. The highest BCUT2D eigenvalue weighted by atomic mass is 19.1.